The van der Waals surface area contributed by atoms with Gasteiger partial charge in [0.15, 0.2) is 5.69 Å². The van der Waals surface area contributed by atoms with E-state index in [-0.39, 0.29) is 29.2 Å². The molecule has 2 amide bonds. The van der Waals surface area contributed by atoms with Gasteiger partial charge in [0.05, 0.1) is 11.6 Å². The summed E-state index contributed by atoms with van der Waals surface area (Å²) in [6.45, 7) is 6.46. The van der Waals surface area contributed by atoms with Gasteiger partial charge in [-0.25, -0.2) is 9.59 Å². The van der Waals surface area contributed by atoms with Crippen molar-refractivity contribution >= 4 is 18.0 Å². The molecule has 2 heterocycles. The van der Waals surface area contributed by atoms with Crippen LogP contribution in [-0.4, -0.2) is 51.8 Å². The largest absolute Gasteiger partial charge is 0.478 e. The minimum Gasteiger partial charge on any atom is -0.478 e. The van der Waals surface area contributed by atoms with Gasteiger partial charge in [0.1, 0.15) is 11.4 Å². The van der Waals surface area contributed by atoms with Gasteiger partial charge in [0.2, 0.25) is 0 Å². The lowest BCUT2D eigenvalue weighted by atomic mass is 9.84. The molecule has 1 aromatic heterocycles. The van der Waals surface area contributed by atoms with Gasteiger partial charge < -0.3 is 24.6 Å². The number of nitrogens with zero attached hydrogens (tertiary/aromatic N) is 2. The number of aromatic carboxylic acids is 1. The number of piperidine rings is 1. The van der Waals surface area contributed by atoms with Crippen molar-refractivity contribution in [2.75, 3.05) is 13.1 Å². The van der Waals surface area contributed by atoms with Crippen LogP contribution >= 0.6 is 0 Å². The Morgan fingerprint density at radius 2 is 1.85 bits per heavy atom. The first-order valence-electron chi connectivity index (χ1n) is 11.7. The number of benzene rings is 1. The Labute approximate surface area is 198 Å². The zero-order chi connectivity index (χ0) is 24.5. The van der Waals surface area contributed by atoms with E-state index < -0.39 is 17.6 Å². The third-order valence-electron chi connectivity index (χ3n) is 6.18. The molecule has 0 bridgehead atoms. The molecule has 2 aliphatic rings. The summed E-state index contributed by atoms with van der Waals surface area (Å²) in [5, 5.41) is 16.4. The highest BCUT2D eigenvalue weighted by molar-refractivity contribution is 5.92. The maximum absolute atomic E-state index is 13.0. The average Bonchev–Trinajstić information content (AvgIpc) is 3.52. The summed E-state index contributed by atoms with van der Waals surface area (Å²) in [4.78, 5) is 38.7. The number of ether oxygens (including phenoxy) is 1. The summed E-state index contributed by atoms with van der Waals surface area (Å²) in [5.41, 5.74) is 0.501. The van der Waals surface area contributed by atoms with Gasteiger partial charge in [0.25, 0.3) is 5.91 Å². The summed E-state index contributed by atoms with van der Waals surface area (Å²) in [6.07, 6.45) is 2.99. The normalized spacial score (nSPS) is 17.8. The van der Waals surface area contributed by atoms with E-state index >= 15 is 0 Å². The van der Waals surface area contributed by atoms with Gasteiger partial charge in [-0.15, -0.1) is 0 Å². The molecule has 2 fully saturated rings. The summed E-state index contributed by atoms with van der Waals surface area (Å²) in [5.74, 6) is -0.329. The molecule has 1 aliphatic heterocycles. The third kappa shape index (κ3) is 5.76. The van der Waals surface area contributed by atoms with E-state index in [0.717, 1.165) is 18.6 Å². The summed E-state index contributed by atoms with van der Waals surface area (Å²) >= 11 is 0. The SMILES string of the molecule is CC(C)(C)OC(=O)N1CCC([C@H](NC(=O)c2cc(C3CC3)on2)c2cccc(C(=O)O)c2)CC1. The minimum absolute atomic E-state index is 0.00138. The highest BCUT2D eigenvalue weighted by Gasteiger charge is 2.34. The van der Waals surface area contributed by atoms with Crippen molar-refractivity contribution in [1.82, 2.24) is 15.4 Å². The smallest absolute Gasteiger partial charge is 0.410 e. The van der Waals surface area contributed by atoms with Crippen molar-refractivity contribution in [1.29, 1.82) is 0 Å². The average molecular weight is 470 g/mol. The fourth-order valence-corrected chi connectivity index (χ4v) is 4.25. The summed E-state index contributed by atoms with van der Waals surface area (Å²) < 4.78 is 10.8. The van der Waals surface area contributed by atoms with Crippen molar-refractivity contribution in [3.63, 3.8) is 0 Å². The predicted molar refractivity (Wildman–Crippen MR) is 123 cm³/mol. The topological polar surface area (TPSA) is 122 Å². The van der Waals surface area contributed by atoms with Crippen LogP contribution in [0, 0.1) is 5.92 Å². The number of carboxylic acids is 1. The number of aromatic nitrogens is 1. The summed E-state index contributed by atoms with van der Waals surface area (Å²) in [7, 11) is 0. The first kappa shape index (κ1) is 23.8. The van der Waals surface area contributed by atoms with Gasteiger partial charge in [-0.05, 0) is 70.1 Å². The monoisotopic (exact) mass is 469 g/mol. The lowest BCUT2D eigenvalue weighted by Gasteiger charge is -2.37. The summed E-state index contributed by atoms with van der Waals surface area (Å²) in [6, 6.07) is 7.85. The third-order valence-corrected chi connectivity index (χ3v) is 6.18. The molecular weight excluding hydrogens is 438 g/mol. The van der Waals surface area contributed by atoms with Gasteiger partial charge in [0, 0.05) is 25.1 Å². The van der Waals surface area contributed by atoms with Crippen LogP contribution in [0.2, 0.25) is 0 Å². The fourth-order valence-electron chi connectivity index (χ4n) is 4.25. The highest BCUT2D eigenvalue weighted by Crippen LogP contribution is 2.40. The Hall–Kier alpha value is -3.36. The first-order chi connectivity index (χ1) is 16.1. The maximum Gasteiger partial charge on any atom is 0.410 e. The lowest BCUT2D eigenvalue weighted by molar-refractivity contribution is 0.0167. The number of amides is 2. The molecule has 1 saturated carbocycles. The highest BCUT2D eigenvalue weighted by atomic mass is 16.6. The zero-order valence-electron chi connectivity index (χ0n) is 19.7. The molecule has 1 saturated heterocycles. The second-order valence-electron chi connectivity index (χ2n) is 10.1. The van der Waals surface area contributed by atoms with E-state index in [1.807, 2.05) is 26.8 Å². The quantitative estimate of drug-likeness (QED) is 0.644. The van der Waals surface area contributed by atoms with Gasteiger partial charge in [-0.1, -0.05) is 17.3 Å². The van der Waals surface area contributed by atoms with E-state index in [4.69, 9.17) is 9.26 Å². The number of carbonyl (C=O) groups excluding carboxylic acids is 2. The maximum atomic E-state index is 13.0. The molecule has 2 aromatic rings. The first-order valence-corrected chi connectivity index (χ1v) is 11.7. The number of carbonyl (C=O) groups is 3. The number of likely N-dealkylation sites (tertiary alicyclic amines) is 1. The van der Waals surface area contributed by atoms with Crippen LogP contribution in [0.1, 0.15) is 90.6 Å². The standard InChI is InChI=1S/C25H31N3O6/c1-25(2,3)33-24(32)28-11-9-16(10-12-28)21(17-5-4-6-18(13-17)23(30)31)26-22(29)19-14-20(34-27-19)15-7-8-15/h4-6,13-16,21H,7-12H2,1-3H3,(H,26,29)(H,30,31)/t21-/m0/s1. The van der Waals surface area contributed by atoms with Crippen molar-refractivity contribution in [3.8, 4) is 0 Å². The van der Waals surface area contributed by atoms with Crippen LogP contribution in [-0.2, 0) is 4.74 Å². The Balaban J connectivity index is 1.51. The Morgan fingerprint density at radius 3 is 2.47 bits per heavy atom. The number of rotatable bonds is 6. The Bertz CT molecular complexity index is 1060. The molecule has 34 heavy (non-hydrogen) atoms. The van der Waals surface area contributed by atoms with Gasteiger partial charge >= 0.3 is 12.1 Å². The second-order valence-corrected chi connectivity index (χ2v) is 10.1. The molecule has 0 radical (unpaired) electrons. The van der Waals surface area contributed by atoms with Crippen molar-refractivity contribution in [2.24, 2.45) is 5.92 Å². The van der Waals surface area contributed by atoms with Gasteiger partial charge in [-0.2, -0.15) is 0 Å². The Kier molecular flexibility index (Phi) is 6.63. The van der Waals surface area contributed by atoms with Crippen molar-refractivity contribution in [2.45, 2.75) is 64.0 Å². The van der Waals surface area contributed by atoms with Crippen LogP contribution in [0.4, 0.5) is 4.79 Å². The van der Waals surface area contributed by atoms with E-state index in [9.17, 15) is 19.5 Å². The van der Waals surface area contributed by atoms with Gasteiger partial charge in [-0.3, -0.25) is 4.79 Å². The van der Waals surface area contributed by atoms with Crippen LogP contribution in [0.3, 0.4) is 0 Å². The molecule has 1 atom stereocenters. The molecule has 2 N–H and O–H groups in total. The number of hydrogen-bond acceptors (Lipinski definition) is 6. The molecule has 0 spiro atoms. The predicted octanol–water partition coefficient (Wildman–Crippen LogP) is 4.37. The van der Waals surface area contributed by atoms with Crippen molar-refractivity contribution < 1.29 is 28.8 Å². The van der Waals surface area contributed by atoms with Crippen LogP contribution in [0.5, 0.6) is 0 Å². The van der Waals surface area contributed by atoms with E-state index in [2.05, 4.69) is 10.5 Å². The molecule has 182 valence electrons. The Morgan fingerprint density at radius 1 is 1.15 bits per heavy atom. The van der Waals surface area contributed by atoms with E-state index in [1.54, 1.807) is 23.1 Å². The number of nitrogens with one attached hydrogen (secondary N) is 1. The molecule has 0 unspecified atom stereocenters. The zero-order valence-corrected chi connectivity index (χ0v) is 19.7. The van der Waals surface area contributed by atoms with Crippen molar-refractivity contribution in [3.05, 3.63) is 52.9 Å². The second kappa shape index (κ2) is 9.48. The van der Waals surface area contributed by atoms with E-state index in [1.165, 1.54) is 6.07 Å². The molecule has 1 aromatic carbocycles. The molecule has 9 nitrogen and oxygen atoms in total. The van der Waals surface area contributed by atoms with Crippen LogP contribution in [0.25, 0.3) is 0 Å². The van der Waals surface area contributed by atoms with E-state index in [0.29, 0.717) is 37.4 Å². The molecule has 1 aliphatic carbocycles. The minimum atomic E-state index is -1.03. The lowest BCUT2D eigenvalue weighted by Crippen LogP contribution is -2.44. The molecular formula is C25H31N3O6. The van der Waals surface area contributed by atoms with Crippen LogP contribution < -0.4 is 5.32 Å². The molecule has 4 rings (SSSR count). The number of hydrogen-bond donors (Lipinski definition) is 2. The number of carboxylic acid groups (broad SMARTS) is 1. The fraction of sp³-hybridized carbons (Fsp3) is 0.520. The van der Waals surface area contributed by atoms with Crippen LogP contribution in [0.15, 0.2) is 34.9 Å². The molecule has 9 heteroatoms.